The molecule has 1 fully saturated rings. The Morgan fingerprint density at radius 2 is 2.17 bits per heavy atom. The molecule has 2 aliphatic heterocycles. The Labute approximate surface area is 170 Å². The van der Waals surface area contributed by atoms with E-state index in [4.69, 9.17) is 4.74 Å². The lowest BCUT2D eigenvalue weighted by atomic mass is 10.0. The highest BCUT2D eigenvalue weighted by Crippen LogP contribution is 2.36. The zero-order valence-corrected chi connectivity index (χ0v) is 17.2. The summed E-state index contributed by atoms with van der Waals surface area (Å²) in [6.07, 6.45) is 5.07. The van der Waals surface area contributed by atoms with E-state index < -0.39 is 5.82 Å². The van der Waals surface area contributed by atoms with Crippen LogP contribution in [0.25, 0.3) is 11.3 Å². The molecule has 1 saturated heterocycles. The van der Waals surface area contributed by atoms with Gasteiger partial charge in [0, 0.05) is 23.7 Å². The van der Waals surface area contributed by atoms with Gasteiger partial charge in [0.15, 0.2) is 11.6 Å². The SMILES string of the molecule is Cc1cnc(C)c(-c2cc(F)c3c(c2)CC(CNC(=O)C2CCCCN2C)O3)n1. The number of rotatable bonds is 4. The van der Waals surface area contributed by atoms with Crippen LogP contribution < -0.4 is 10.1 Å². The molecule has 4 rings (SSSR count). The summed E-state index contributed by atoms with van der Waals surface area (Å²) in [5.74, 6) is -0.0966. The number of hydrogen-bond acceptors (Lipinski definition) is 5. The largest absolute Gasteiger partial charge is 0.485 e. The molecule has 3 heterocycles. The van der Waals surface area contributed by atoms with Gasteiger partial charge in [-0.05, 0) is 52.4 Å². The molecule has 2 aromatic rings. The first-order valence-corrected chi connectivity index (χ1v) is 10.2. The van der Waals surface area contributed by atoms with Crippen LogP contribution in [0.4, 0.5) is 4.39 Å². The van der Waals surface area contributed by atoms with Crippen molar-refractivity contribution in [3.05, 3.63) is 41.1 Å². The third-order valence-corrected chi connectivity index (χ3v) is 5.78. The van der Waals surface area contributed by atoms with Gasteiger partial charge in [0.1, 0.15) is 6.10 Å². The van der Waals surface area contributed by atoms with E-state index in [2.05, 4.69) is 20.2 Å². The first-order chi connectivity index (χ1) is 13.9. The number of ether oxygens (including phenoxy) is 1. The van der Waals surface area contributed by atoms with E-state index in [1.165, 1.54) is 6.07 Å². The van der Waals surface area contributed by atoms with Crippen molar-refractivity contribution in [1.29, 1.82) is 0 Å². The molecule has 2 unspecified atom stereocenters. The molecule has 29 heavy (non-hydrogen) atoms. The Hall–Kier alpha value is -2.54. The lowest BCUT2D eigenvalue weighted by Crippen LogP contribution is -2.49. The summed E-state index contributed by atoms with van der Waals surface area (Å²) in [7, 11) is 1.98. The van der Waals surface area contributed by atoms with Gasteiger partial charge in [-0.15, -0.1) is 0 Å². The molecule has 0 spiro atoms. The van der Waals surface area contributed by atoms with Gasteiger partial charge in [-0.2, -0.15) is 0 Å². The maximum atomic E-state index is 14.7. The molecule has 2 atom stereocenters. The number of nitrogens with zero attached hydrogens (tertiary/aromatic N) is 3. The van der Waals surface area contributed by atoms with Crippen LogP contribution in [-0.2, 0) is 11.2 Å². The number of benzene rings is 1. The van der Waals surface area contributed by atoms with Crippen molar-refractivity contribution in [3.8, 4) is 17.0 Å². The molecule has 1 aromatic carbocycles. The molecule has 7 heteroatoms. The number of halogens is 1. The first-order valence-electron chi connectivity index (χ1n) is 10.2. The van der Waals surface area contributed by atoms with E-state index in [0.717, 1.165) is 42.8 Å². The average Bonchev–Trinajstić information content (AvgIpc) is 3.12. The van der Waals surface area contributed by atoms with Gasteiger partial charge >= 0.3 is 0 Å². The summed E-state index contributed by atoms with van der Waals surface area (Å²) in [6.45, 7) is 5.05. The van der Waals surface area contributed by atoms with Crippen molar-refractivity contribution in [2.24, 2.45) is 0 Å². The quantitative estimate of drug-likeness (QED) is 0.858. The molecular weight excluding hydrogens is 371 g/mol. The Morgan fingerprint density at radius 3 is 2.97 bits per heavy atom. The number of amides is 1. The number of piperidine rings is 1. The lowest BCUT2D eigenvalue weighted by molar-refractivity contribution is -0.127. The van der Waals surface area contributed by atoms with E-state index in [0.29, 0.717) is 24.2 Å². The van der Waals surface area contributed by atoms with Crippen LogP contribution in [0.2, 0.25) is 0 Å². The fourth-order valence-electron chi connectivity index (χ4n) is 4.19. The lowest BCUT2D eigenvalue weighted by Gasteiger charge is -2.31. The van der Waals surface area contributed by atoms with Crippen LogP contribution in [0.15, 0.2) is 18.3 Å². The monoisotopic (exact) mass is 398 g/mol. The molecule has 1 aromatic heterocycles. The van der Waals surface area contributed by atoms with Gasteiger partial charge in [-0.25, -0.2) is 9.37 Å². The smallest absolute Gasteiger partial charge is 0.237 e. The van der Waals surface area contributed by atoms with E-state index in [-0.39, 0.29) is 23.8 Å². The third kappa shape index (κ3) is 4.10. The summed E-state index contributed by atoms with van der Waals surface area (Å²) >= 11 is 0. The molecule has 154 valence electrons. The van der Waals surface area contributed by atoms with Crippen molar-refractivity contribution >= 4 is 5.91 Å². The van der Waals surface area contributed by atoms with Crippen LogP contribution in [0.5, 0.6) is 5.75 Å². The summed E-state index contributed by atoms with van der Waals surface area (Å²) < 4.78 is 20.5. The number of aryl methyl sites for hydroxylation is 2. The Balaban J connectivity index is 1.45. The number of likely N-dealkylation sites (tertiary alicyclic amines) is 1. The summed E-state index contributed by atoms with van der Waals surface area (Å²) in [5, 5.41) is 2.99. The summed E-state index contributed by atoms with van der Waals surface area (Å²) in [6, 6.07) is 3.29. The molecular formula is C22H27FN4O2. The predicted molar refractivity (Wildman–Crippen MR) is 108 cm³/mol. The van der Waals surface area contributed by atoms with Gasteiger partial charge in [0.05, 0.1) is 29.7 Å². The zero-order valence-electron chi connectivity index (χ0n) is 17.2. The molecule has 0 aliphatic carbocycles. The number of fused-ring (bicyclic) bond motifs is 1. The van der Waals surface area contributed by atoms with E-state index in [1.54, 1.807) is 6.20 Å². The molecule has 2 aliphatic rings. The second kappa shape index (κ2) is 8.06. The fourth-order valence-corrected chi connectivity index (χ4v) is 4.19. The van der Waals surface area contributed by atoms with Gasteiger partial charge in [0.2, 0.25) is 5.91 Å². The number of hydrogen-bond donors (Lipinski definition) is 1. The number of carbonyl (C=O) groups excluding carboxylic acids is 1. The van der Waals surface area contributed by atoms with E-state index in [9.17, 15) is 9.18 Å². The van der Waals surface area contributed by atoms with Crippen molar-refractivity contribution in [3.63, 3.8) is 0 Å². The molecule has 0 radical (unpaired) electrons. The minimum absolute atomic E-state index is 0.0265. The third-order valence-electron chi connectivity index (χ3n) is 5.78. The topological polar surface area (TPSA) is 67.4 Å². The maximum absolute atomic E-state index is 14.7. The molecule has 1 N–H and O–H groups in total. The predicted octanol–water partition coefficient (Wildman–Crippen LogP) is 2.80. The Kier molecular flexibility index (Phi) is 5.50. The van der Waals surface area contributed by atoms with Gasteiger partial charge < -0.3 is 10.1 Å². The highest BCUT2D eigenvalue weighted by Gasteiger charge is 2.30. The molecule has 1 amide bonds. The zero-order chi connectivity index (χ0) is 20.5. The summed E-state index contributed by atoms with van der Waals surface area (Å²) in [5.41, 5.74) is 3.73. The standard InChI is InChI=1S/C22H27FN4O2/c1-13-11-24-14(2)20(26-13)15-8-16-9-17(29-21(16)18(23)10-15)12-25-22(28)19-6-4-5-7-27(19)3/h8,10-11,17,19H,4-7,9,12H2,1-3H3,(H,25,28). The van der Waals surface area contributed by atoms with Crippen molar-refractivity contribution in [1.82, 2.24) is 20.2 Å². The normalized spacial score (nSPS) is 21.5. The van der Waals surface area contributed by atoms with E-state index in [1.807, 2.05) is 27.0 Å². The van der Waals surface area contributed by atoms with Crippen molar-refractivity contribution in [2.45, 2.75) is 51.7 Å². The highest BCUT2D eigenvalue weighted by molar-refractivity contribution is 5.81. The van der Waals surface area contributed by atoms with Crippen LogP contribution >= 0.6 is 0 Å². The maximum Gasteiger partial charge on any atom is 0.237 e. The molecule has 0 bridgehead atoms. The van der Waals surface area contributed by atoms with Crippen LogP contribution in [0, 0.1) is 19.7 Å². The number of nitrogens with one attached hydrogen (secondary N) is 1. The van der Waals surface area contributed by atoms with Crippen LogP contribution in [-0.4, -0.2) is 53.1 Å². The minimum atomic E-state index is -0.402. The average molecular weight is 398 g/mol. The van der Waals surface area contributed by atoms with Crippen LogP contribution in [0.1, 0.15) is 36.2 Å². The Bertz CT molecular complexity index is 933. The van der Waals surface area contributed by atoms with Gasteiger partial charge in [-0.1, -0.05) is 6.42 Å². The summed E-state index contributed by atoms with van der Waals surface area (Å²) in [4.78, 5) is 23.5. The second-order valence-electron chi connectivity index (χ2n) is 8.07. The number of carbonyl (C=O) groups is 1. The fraction of sp³-hybridized carbons (Fsp3) is 0.500. The van der Waals surface area contributed by atoms with Gasteiger partial charge in [0.25, 0.3) is 0 Å². The van der Waals surface area contributed by atoms with Crippen LogP contribution in [0.3, 0.4) is 0 Å². The number of aromatic nitrogens is 2. The second-order valence-corrected chi connectivity index (χ2v) is 8.07. The van der Waals surface area contributed by atoms with Gasteiger partial charge in [-0.3, -0.25) is 14.7 Å². The first kappa shape index (κ1) is 19.8. The minimum Gasteiger partial charge on any atom is -0.485 e. The van der Waals surface area contributed by atoms with Crippen molar-refractivity contribution < 1.29 is 13.9 Å². The molecule has 0 saturated carbocycles. The Morgan fingerprint density at radius 1 is 1.34 bits per heavy atom. The number of likely N-dealkylation sites (N-methyl/N-ethyl adjacent to an activating group) is 1. The van der Waals surface area contributed by atoms with Crippen molar-refractivity contribution in [2.75, 3.05) is 20.1 Å². The van der Waals surface area contributed by atoms with E-state index >= 15 is 0 Å². The molecule has 6 nitrogen and oxygen atoms in total. The highest BCUT2D eigenvalue weighted by atomic mass is 19.1.